The van der Waals surface area contributed by atoms with Gasteiger partial charge in [0.15, 0.2) is 0 Å². The predicted molar refractivity (Wildman–Crippen MR) is 71.7 cm³/mol. The van der Waals surface area contributed by atoms with Crippen molar-refractivity contribution in [3.63, 3.8) is 0 Å². The summed E-state index contributed by atoms with van der Waals surface area (Å²) in [5.41, 5.74) is 0. The fraction of sp³-hybridized carbons (Fsp3) is 0.0909. The van der Waals surface area contributed by atoms with Gasteiger partial charge < -0.3 is 4.98 Å². The van der Waals surface area contributed by atoms with Crippen LogP contribution in [0.1, 0.15) is 0 Å². The average molecular weight is 265 g/mol. The van der Waals surface area contributed by atoms with Crippen molar-refractivity contribution in [1.82, 2.24) is 9.97 Å². The van der Waals surface area contributed by atoms with Gasteiger partial charge >= 0.3 is 0 Å². The lowest BCUT2D eigenvalue weighted by Gasteiger charge is -2.02. The maximum absolute atomic E-state index is 11.6. The minimum absolute atomic E-state index is 0.156. The summed E-state index contributed by atoms with van der Waals surface area (Å²) in [6.07, 6.45) is 5.27. The average Bonchev–Trinajstić information content (AvgIpc) is 2.82. The van der Waals surface area contributed by atoms with Crippen LogP contribution in [0.15, 0.2) is 46.5 Å². The molecule has 6 heteroatoms. The van der Waals surface area contributed by atoms with Crippen molar-refractivity contribution < 1.29 is 4.79 Å². The van der Waals surface area contributed by atoms with Gasteiger partial charge in [-0.3, -0.25) is 10.1 Å². The summed E-state index contributed by atoms with van der Waals surface area (Å²) in [5, 5.41) is 2.50. The second-order valence-electron chi connectivity index (χ2n) is 3.13. The summed E-state index contributed by atoms with van der Waals surface area (Å²) in [5.74, 6) is 0.461. The Morgan fingerprint density at radius 2 is 2.00 bits per heavy atom. The van der Waals surface area contributed by atoms with Crippen molar-refractivity contribution >= 4 is 34.7 Å². The fourth-order valence-electron chi connectivity index (χ4n) is 1.21. The molecule has 0 bridgehead atoms. The van der Waals surface area contributed by atoms with Crippen LogP contribution in [0.5, 0.6) is 0 Å². The number of carbonyl (C=O) groups is 1. The van der Waals surface area contributed by atoms with Crippen LogP contribution < -0.4 is 5.32 Å². The van der Waals surface area contributed by atoms with E-state index in [-0.39, 0.29) is 5.24 Å². The first-order chi connectivity index (χ1) is 8.28. The van der Waals surface area contributed by atoms with Gasteiger partial charge in [0, 0.05) is 22.2 Å². The van der Waals surface area contributed by atoms with Gasteiger partial charge in [0.1, 0.15) is 0 Å². The summed E-state index contributed by atoms with van der Waals surface area (Å²) in [7, 11) is 0. The van der Waals surface area contributed by atoms with Gasteiger partial charge in [0.25, 0.3) is 5.24 Å². The maximum atomic E-state index is 11.6. The van der Waals surface area contributed by atoms with Gasteiger partial charge in [0.2, 0.25) is 5.95 Å². The Morgan fingerprint density at radius 3 is 2.59 bits per heavy atom. The van der Waals surface area contributed by atoms with E-state index in [9.17, 15) is 4.79 Å². The molecule has 1 aromatic heterocycles. The molecule has 0 saturated carbocycles. The number of hydrogen-bond donors (Lipinski definition) is 2. The highest BCUT2D eigenvalue weighted by molar-refractivity contribution is 8.13. The molecule has 1 aromatic carbocycles. The number of rotatable bonds is 3. The topological polar surface area (TPSA) is 57.8 Å². The number of H-pyrrole nitrogens is 1. The summed E-state index contributed by atoms with van der Waals surface area (Å²) in [4.78, 5) is 20.4. The number of aromatic nitrogens is 2. The molecular weight excluding hydrogens is 254 g/mol. The largest absolute Gasteiger partial charge is 0.331 e. The standard InChI is InChI=1S/C11H11N3OS2/c1-16-8-2-4-9(5-3-8)17-11(15)14-10-12-6-7-13-10/h2-7H,1H3,(H2,12,13,14,15). The Hall–Kier alpha value is -1.40. The lowest BCUT2D eigenvalue weighted by Crippen LogP contribution is -2.05. The Labute approximate surface area is 108 Å². The minimum atomic E-state index is -0.156. The van der Waals surface area contributed by atoms with Crippen molar-refractivity contribution in [1.29, 1.82) is 0 Å². The highest BCUT2D eigenvalue weighted by Crippen LogP contribution is 2.23. The number of aromatic amines is 1. The van der Waals surface area contributed by atoms with Gasteiger partial charge in [-0.25, -0.2) is 4.98 Å². The molecule has 2 N–H and O–H groups in total. The first-order valence-electron chi connectivity index (χ1n) is 4.90. The molecule has 1 amide bonds. The van der Waals surface area contributed by atoms with Crippen molar-refractivity contribution in [3.05, 3.63) is 36.7 Å². The number of carbonyl (C=O) groups excluding carboxylic acids is 1. The van der Waals surface area contributed by atoms with E-state index in [0.717, 1.165) is 16.7 Å². The van der Waals surface area contributed by atoms with Gasteiger partial charge in [0.05, 0.1) is 0 Å². The van der Waals surface area contributed by atoms with Crippen molar-refractivity contribution in [2.24, 2.45) is 0 Å². The first-order valence-corrected chi connectivity index (χ1v) is 6.94. The molecular formula is C11H11N3OS2. The normalized spacial score (nSPS) is 10.2. The van der Waals surface area contributed by atoms with Crippen molar-refractivity contribution in [2.75, 3.05) is 11.6 Å². The third kappa shape index (κ3) is 3.54. The highest BCUT2D eigenvalue weighted by Gasteiger charge is 2.05. The minimum Gasteiger partial charge on any atom is -0.331 e. The molecule has 4 nitrogen and oxygen atoms in total. The summed E-state index contributed by atoms with van der Waals surface area (Å²) in [6, 6.07) is 7.84. The van der Waals surface area contributed by atoms with E-state index in [0.29, 0.717) is 5.95 Å². The second kappa shape index (κ2) is 5.79. The zero-order valence-electron chi connectivity index (χ0n) is 9.14. The number of amides is 1. The van der Waals surface area contributed by atoms with Crippen molar-refractivity contribution in [2.45, 2.75) is 9.79 Å². The zero-order chi connectivity index (χ0) is 12.1. The number of nitrogens with zero attached hydrogens (tertiary/aromatic N) is 1. The van der Waals surface area contributed by atoms with E-state index in [1.807, 2.05) is 30.5 Å². The molecule has 0 unspecified atom stereocenters. The maximum Gasteiger partial charge on any atom is 0.290 e. The number of hydrogen-bond acceptors (Lipinski definition) is 4. The third-order valence-electron chi connectivity index (χ3n) is 1.99. The Bertz CT molecular complexity index is 482. The highest BCUT2D eigenvalue weighted by atomic mass is 32.2. The third-order valence-corrected chi connectivity index (χ3v) is 3.53. The van der Waals surface area contributed by atoms with Gasteiger partial charge in [-0.1, -0.05) is 0 Å². The molecule has 0 radical (unpaired) electrons. The quantitative estimate of drug-likeness (QED) is 0.834. The second-order valence-corrected chi connectivity index (χ2v) is 5.05. The Morgan fingerprint density at radius 1 is 1.29 bits per heavy atom. The Kier molecular flexibility index (Phi) is 4.11. The fourth-order valence-corrected chi connectivity index (χ4v) is 2.25. The van der Waals surface area contributed by atoms with Gasteiger partial charge in [-0.2, -0.15) is 0 Å². The van der Waals surface area contributed by atoms with Crippen LogP contribution in [0, 0.1) is 0 Å². The van der Waals surface area contributed by atoms with Gasteiger partial charge in [-0.15, -0.1) is 11.8 Å². The lowest BCUT2D eigenvalue weighted by molar-refractivity contribution is 0.269. The molecule has 17 heavy (non-hydrogen) atoms. The first kappa shape index (κ1) is 12.1. The molecule has 0 aliphatic carbocycles. The lowest BCUT2D eigenvalue weighted by atomic mass is 10.4. The summed E-state index contributed by atoms with van der Waals surface area (Å²) >= 11 is 2.82. The van der Waals surface area contributed by atoms with Crippen LogP contribution in [0.25, 0.3) is 0 Å². The van der Waals surface area contributed by atoms with E-state index >= 15 is 0 Å². The van der Waals surface area contributed by atoms with Crippen LogP contribution in [0.4, 0.5) is 10.7 Å². The molecule has 0 saturated heterocycles. The summed E-state index contributed by atoms with van der Waals surface area (Å²) < 4.78 is 0. The van der Waals surface area contributed by atoms with Crippen LogP contribution >= 0.6 is 23.5 Å². The predicted octanol–water partition coefficient (Wildman–Crippen LogP) is 3.46. The van der Waals surface area contributed by atoms with Crippen LogP contribution in [0.3, 0.4) is 0 Å². The monoisotopic (exact) mass is 265 g/mol. The van der Waals surface area contributed by atoms with Gasteiger partial charge in [-0.05, 0) is 42.3 Å². The molecule has 0 aliphatic heterocycles. The Balaban J connectivity index is 1.93. The molecule has 2 aromatic rings. The van der Waals surface area contributed by atoms with Crippen LogP contribution in [0.2, 0.25) is 0 Å². The number of benzene rings is 1. The van der Waals surface area contributed by atoms with E-state index in [1.165, 1.54) is 4.90 Å². The number of thioether (sulfide) groups is 2. The molecule has 0 atom stereocenters. The number of imidazole rings is 1. The summed E-state index contributed by atoms with van der Waals surface area (Å²) in [6.45, 7) is 0. The number of anilines is 1. The molecule has 0 fully saturated rings. The molecule has 88 valence electrons. The van der Waals surface area contributed by atoms with E-state index in [2.05, 4.69) is 15.3 Å². The van der Waals surface area contributed by atoms with Crippen LogP contribution in [-0.2, 0) is 0 Å². The SMILES string of the molecule is CSc1ccc(SC(=O)Nc2ncc[nH]2)cc1. The molecule has 0 spiro atoms. The molecule has 1 heterocycles. The number of nitrogens with one attached hydrogen (secondary N) is 2. The van der Waals surface area contributed by atoms with E-state index in [4.69, 9.17) is 0 Å². The zero-order valence-corrected chi connectivity index (χ0v) is 10.8. The molecule has 0 aliphatic rings. The van der Waals surface area contributed by atoms with E-state index in [1.54, 1.807) is 24.2 Å². The van der Waals surface area contributed by atoms with Crippen LogP contribution in [-0.4, -0.2) is 21.5 Å². The molecule has 2 rings (SSSR count). The smallest absolute Gasteiger partial charge is 0.290 e. The van der Waals surface area contributed by atoms with Crippen molar-refractivity contribution in [3.8, 4) is 0 Å². The van der Waals surface area contributed by atoms with E-state index < -0.39 is 0 Å².